The monoisotopic (exact) mass is 249 g/mol. The van der Waals surface area contributed by atoms with Gasteiger partial charge in [-0.15, -0.1) is 0 Å². The molecule has 0 radical (unpaired) electrons. The summed E-state index contributed by atoms with van der Waals surface area (Å²) in [7, 11) is 0. The van der Waals surface area contributed by atoms with E-state index < -0.39 is 17.5 Å². The average Bonchev–Trinajstić information content (AvgIpc) is 2.27. The molecule has 0 spiro atoms. The Bertz CT molecular complexity index is 420. The molecule has 1 amide bonds. The van der Waals surface area contributed by atoms with Crippen LogP contribution < -0.4 is 5.32 Å². The van der Waals surface area contributed by atoms with Crippen molar-refractivity contribution in [3.05, 3.63) is 30.3 Å². The average molecular weight is 249 g/mol. The Morgan fingerprint density at radius 3 is 2.22 bits per heavy atom. The van der Waals surface area contributed by atoms with Crippen LogP contribution >= 0.6 is 0 Å². The highest BCUT2D eigenvalue weighted by Gasteiger charge is 2.27. The van der Waals surface area contributed by atoms with E-state index in [1.165, 1.54) is 6.92 Å². The van der Waals surface area contributed by atoms with E-state index in [2.05, 4.69) is 5.32 Å². The van der Waals surface area contributed by atoms with Crippen LogP contribution in [0.2, 0.25) is 0 Å². The van der Waals surface area contributed by atoms with Gasteiger partial charge in [-0.25, -0.2) is 0 Å². The number of rotatable bonds is 3. The zero-order valence-electron chi connectivity index (χ0n) is 11.2. The van der Waals surface area contributed by atoms with Crippen molar-refractivity contribution < 1.29 is 14.3 Å². The molecule has 0 saturated heterocycles. The highest BCUT2D eigenvalue weighted by Crippen LogP contribution is 2.13. The number of esters is 1. The molecule has 98 valence electrons. The summed E-state index contributed by atoms with van der Waals surface area (Å²) in [6, 6.07) is 9.01. The van der Waals surface area contributed by atoms with Gasteiger partial charge in [0.2, 0.25) is 5.91 Å². The van der Waals surface area contributed by atoms with Crippen molar-refractivity contribution in [2.24, 2.45) is 5.92 Å². The maximum Gasteiger partial charge on any atom is 0.318 e. The molecule has 1 aromatic rings. The van der Waals surface area contributed by atoms with Crippen LogP contribution in [0.15, 0.2) is 30.3 Å². The molecule has 0 heterocycles. The summed E-state index contributed by atoms with van der Waals surface area (Å²) in [5.41, 5.74) is 0.0798. The molecule has 18 heavy (non-hydrogen) atoms. The van der Waals surface area contributed by atoms with E-state index in [0.717, 1.165) is 0 Å². The molecule has 0 aliphatic rings. The van der Waals surface area contributed by atoms with E-state index in [1.807, 2.05) is 18.2 Å². The molecule has 1 atom stereocenters. The van der Waals surface area contributed by atoms with Crippen LogP contribution in [-0.4, -0.2) is 17.5 Å². The molecule has 0 aliphatic carbocycles. The summed E-state index contributed by atoms with van der Waals surface area (Å²) < 4.78 is 5.16. The largest absolute Gasteiger partial charge is 0.459 e. The number of hydrogen-bond acceptors (Lipinski definition) is 3. The topological polar surface area (TPSA) is 55.4 Å². The first kappa shape index (κ1) is 14.2. The molecule has 1 rings (SSSR count). The van der Waals surface area contributed by atoms with Crippen molar-refractivity contribution in [1.82, 2.24) is 0 Å². The molecule has 4 nitrogen and oxygen atoms in total. The number of benzene rings is 1. The third-order valence-corrected chi connectivity index (χ3v) is 2.19. The Labute approximate surface area is 107 Å². The fourth-order valence-corrected chi connectivity index (χ4v) is 1.27. The molecule has 4 heteroatoms. The van der Waals surface area contributed by atoms with Crippen LogP contribution in [0.3, 0.4) is 0 Å². The minimum Gasteiger partial charge on any atom is -0.459 e. The number of amides is 1. The van der Waals surface area contributed by atoms with Crippen LogP contribution in [0, 0.1) is 5.92 Å². The minimum atomic E-state index is -0.829. The minimum absolute atomic E-state index is 0.365. The van der Waals surface area contributed by atoms with Gasteiger partial charge in [-0.3, -0.25) is 9.59 Å². The third kappa shape index (κ3) is 4.57. The van der Waals surface area contributed by atoms with Crippen molar-refractivity contribution in [3.8, 4) is 0 Å². The smallest absolute Gasteiger partial charge is 0.318 e. The zero-order chi connectivity index (χ0) is 13.8. The standard InChI is InChI=1S/C14H19NO3/c1-10(13(17)18-14(2,3)4)12(16)15-11-8-6-5-7-9-11/h5-10H,1-4H3,(H,15,16). The van der Waals surface area contributed by atoms with Gasteiger partial charge in [0, 0.05) is 5.69 Å². The van der Waals surface area contributed by atoms with E-state index in [-0.39, 0.29) is 5.91 Å². The van der Waals surface area contributed by atoms with E-state index >= 15 is 0 Å². The van der Waals surface area contributed by atoms with E-state index in [1.54, 1.807) is 32.9 Å². The van der Waals surface area contributed by atoms with Crippen molar-refractivity contribution in [2.45, 2.75) is 33.3 Å². The van der Waals surface area contributed by atoms with Crippen LogP contribution in [-0.2, 0) is 14.3 Å². The Hall–Kier alpha value is -1.84. The number of nitrogens with one attached hydrogen (secondary N) is 1. The first-order valence-electron chi connectivity index (χ1n) is 5.88. The second-order valence-corrected chi connectivity index (χ2v) is 5.11. The Balaban J connectivity index is 2.59. The normalized spacial score (nSPS) is 12.7. The molecule has 0 aromatic heterocycles. The first-order valence-corrected chi connectivity index (χ1v) is 5.88. The van der Waals surface area contributed by atoms with Crippen molar-refractivity contribution in [1.29, 1.82) is 0 Å². The zero-order valence-corrected chi connectivity index (χ0v) is 11.2. The molecule has 0 bridgehead atoms. The predicted molar refractivity (Wildman–Crippen MR) is 70.1 cm³/mol. The molecule has 1 N–H and O–H groups in total. The van der Waals surface area contributed by atoms with Crippen LogP contribution in [0.25, 0.3) is 0 Å². The molecule has 1 aromatic carbocycles. The Morgan fingerprint density at radius 1 is 1.17 bits per heavy atom. The molecule has 0 aliphatic heterocycles. The molecule has 0 saturated carbocycles. The van der Waals surface area contributed by atoms with Crippen molar-refractivity contribution in [3.63, 3.8) is 0 Å². The number of ether oxygens (including phenoxy) is 1. The lowest BCUT2D eigenvalue weighted by atomic mass is 10.1. The van der Waals surface area contributed by atoms with Gasteiger partial charge in [0.1, 0.15) is 11.5 Å². The molecule has 0 fully saturated rings. The van der Waals surface area contributed by atoms with Crippen LogP contribution in [0.4, 0.5) is 5.69 Å². The number of anilines is 1. The number of carbonyl (C=O) groups is 2. The van der Waals surface area contributed by atoms with Gasteiger partial charge in [-0.1, -0.05) is 18.2 Å². The number of para-hydroxylation sites is 1. The molecular formula is C14H19NO3. The summed E-state index contributed by atoms with van der Waals surface area (Å²) >= 11 is 0. The van der Waals surface area contributed by atoms with Crippen LogP contribution in [0.5, 0.6) is 0 Å². The summed E-state index contributed by atoms with van der Waals surface area (Å²) in [6.07, 6.45) is 0. The van der Waals surface area contributed by atoms with Gasteiger partial charge >= 0.3 is 5.97 Å². The van der Waals surface area contributed by atoms with Crippen molar-refractivity contribution >= 4 is 17.6 Å². The Morgan fingerprint density at radius 2 is 1.72 bits per heavy atom. The third-order valence-electron chi connectivity index (χ3n) is 2.19. The summed E-state index contributed by atoms with van der Waals surface area (Å²) in [5, 5.41) is 2.67. The number of hydrogen-bond donors (Lipinski definition) is 1. The lowest BCUT2D eigenvalue weighted by molar-refractivity contribution is -0.160. The summed E-state index contributed by atoms with van der Waals surface area (Å²) in [6.45, 7) is 6.85. The maximum atomic E-state index is 11.8. The SMILES string of the molecule is CC(C(=O)Nc1ccccc1)C(=O)OC(C)(C)C. The van der Waals surface area contributed by atoms with Gasteiger partial charge < -0.3 is 10.1 Å². The second-order valence-electron chi connectivity index (χ2n) is 5.11. The number of carbonyl (C=O) groups excluding carboxylic acids is 2. The van der Waals surface area contributed by atoms with E-state index in [9.17, 15) is 9.59 Å². The van der Waals surface area contributed by atoms with Gasteiger partial charge in [-0.05, 0) is 39.8 Å². The van der Waals surface area contributed by atoms with E-state index in [0.29, 0.717) is 5.69 Å². The lowest BCUT2D eigenvalue weighted by Gasteiger charge is -2.21. The second kappa shape index (κ2) is 5.67. The van der Waals surface area contributed by atoms with Gasteiger partial charge in [0.05, 0.1) is 0 Å². The van der Waals surface area contributed by atoms with E-state index in [4.69, 9.17) is 4.74 Å². The van der Waals surface area contributed by atoms with Gasteiger partial charge in [0.15, 0.2) is 0 Å². The summed E-state index contributed by atoms with van der Waals surface area (Å²) in [5.74, 6) is -1.71. The molecule has 1 unspecified atom stereocenters. The lowest BCUT2D eigenvalue weighted by Crippen LogP contribution is -2.33. The predicted octanol–water partition coefficient (Wildman–Crippen LogP) is 2.60. The van der Waals surface area contributed by atoms with Crippen LogP contribution in [0.1, 0.15) is 27.7 Å². The quantitative estimate of drug-likeness (QED) is 0.661. The van der Waals surface area contributed by atoms with Crippen molar-refractivity contribution in [2.75, 3.05) is 5.32 Å². The fraction of sp³-hybridized carbons (Fsp3) is 0.429. The fourth-order valence-electron chi connectivity index (χ4n) is 1.27. The van der Waals surface area contributed by atoms with Gasteiger partial charge in [0.25, 0.3) is 0 Å². The summed E-state index contributed by atoms with van der Waals surface area (Å²) in [4.78, 5) is 23.5. The highest BCUT2D eigenvalue weighted by molar-refractivity contribution is 6.04. The van der Waals surface area contributed by atoms with Gasteiger partial charge in [-0.2, -0.15) is 0 Å². The molecular weight excluding hydrogens is 230 g/mol. The first-order chi connectivity index (χ1) is 8.29. The Kier molecular flexibility index (Phi) is 4.48. The highest BCUT2D eigenvalue weighted by atomic mass is 16.6. The maximum absolute atomic E-state index is 11.8.